The van der Waals surface area contributed by atoms with Gasteiger partial charge in [-0.25, -0.2) is 0 Å². The van der Waals surface area contributed by atoms with Crippen LogP contribution in [0.1, 0.15) is 0 Å². The summed E-state index contributed by atoms with van der Waals surface area (Å²) in [6, 6.07) is 5.04. The van der Waals surface area contributed by atoms with E-state index in [1.165, 1.54) is 0 Å². The topological polar surface area (TPSA) is 61.3 Å². The molecule has 0 aliphatic rings. The van der Waals surface area contributed by atoms with Crippen LogP contribution in [0, 0.1) is 0 Å². The minimum Gasteiger partial charge on any atom is -0.672 e. The van der Waals surface area contributed by atoms with E-state index in [0.29, 0.717) is 17.1 Å². The Bertz CT molecular complexity index is 244. The molecule has 0 aromatic heterocycles. The van der Waals surface area contributed by atoms with Gasteiger partial charge in [-0.3, -0.25) is 0 Å². The molecule has 0 aliphatic carbocycles. The van der Waals surface area contributed by atoms with E-state index >= 15 is 0 Å². The van der Waals surface area contributed by atoms with Gasteiger partial charge in [-0.1, -0.05) is 0 Å². The van der Waals surface area contributed by atoms with E-state index in [9.17, 15) is 0 Å². The first-order valence-electron chi connectivity index (χ1n) is 2.72. The van der Waals surface area contributed by atoms with Gasteiger partial charge in [-0.2, -0.15) is 0 Å². The summed E-state index contributed by atoms with van der Waals surface area (Å²) < 4.78 is 4.72. The van der Waals surface area contributed by atoms with Gasteiger partial charge in [-0.15, -0.1) is 0 Å². The van der Waals surface area contributed by atoms with Crippen LogP contribution in [0.3, 0.4) is 0 Å². The van der Waals surface area contributed by atoms with Crippen molar-refractivity contribution in [3.8, 4) is 5.75 Å². The Morgan fingerprint density at radius 1 is 1.27 bits per heavy atom. The number of hydrogen-bond donors (Lipinski definition) is 2. The summed E-state index contributed by atoms with van der Waals surface area (Å²) in [6.07, 6.45) is 0. The van der Waals surface area contributed by atoms with Crippen LogP contribution in [0.2, 0.25) is 0 Å². The maximum absolute atomic E-state index is 5.50. The zero-order valence-corrected chi connectivity index (χ0v) is 13.6. The van der Waals surface area contributed by atoms with Gasteiger partial charge in [0, 0.05) is 5.69 Å². The van der Waals surface area contributed by atoms with Gasteiger partial charge in [0.2, 0.25) is 0 Å². The maximum atomic E-state index is 5.50. The maximum Gasteiger partial charge on any atom is 1.00 e. The molecule has 0 heterocycles. The molecule has 0 amide bonds. The predicted molar refractivity (Wildman–Crippen MR) is 44.2 cm³/mol. The molecule has 0 saturated heterocycles. The van der Waals surface area contributed by atoms with Gasteiger partial charge < -0.3 is 25.5 Å². The summed E-state index contributed by atoms with van der Waals surface area (Å²) in [5.41, 5.74) is 12.1. The van der Waals surface area contributed by atoms with E-state index in [1.54, 1.807) is 18.2 Å². The van der Waals surface area contributed by atoms with Crippen LogP contribution in [0.15, 0.2) is 18.2 Å². The molecule has 11 heavy (non-hydrogen) atoms. The number of benzene rings is 1. The van der Waals surface area contributed by atoms with Crippen LogP contribution in [0.4, 0.5) is 11.4 Å². The second kappa shape index (κ2) is 5.70. The van der Waals surface area contributed by atoms with Crippen molar-refractivity contribution in [3.63, 3.8) is 0 Å². The van der Waals surface area contributed by atoms with Crippen molar-refractivity contribution < 1.29 is 73.4 Å². The van der Waals surface area contributed by atoms with E-state index in [1.807, 2.05) is 0 Å². The normalized spacial score (nSPS) is 8.45. The number of rotatable bonds is 1. The Balaban J connectivity index is 0.000001000. The fraction of sp³-hybridized carbons (Fsp3) is 0. The molecular formula is C6H8CsN2OP. The first-order chi connectivity index (χ1) is 4.74. The molecule has 5 heteroatoms. The Kier molecular flexibility index (Phi) is 6.27. The van der Waals surface area contributed by atoms with Gasteiger partial charge >= 0.3 is 68.9 Å². The minimum atomic E-state index is 0. The molecule has 0 saturated carbocycles. The number of anilines is 2. The standard InChI is InChI=1S/C6H8N2OP.Cs/c7-4-1-2-6(9-10)5(8)3-4;/h1-3,10H,7-8H2;/q-1;+1. The fourth-order valence-corrected chi connectivity index (χ4v) is 0.846. The van der Waals surface area contributed by atoms with Gasteiger partial charge in [0.15, 0.2) is 0 Å². The Morgan fingerprint density at radius 3 is 2.36 bits per heavy atom. The second-order valence-electron chi connectivity index (χ2n) is 1.90. The SMILES string of the molecule is Nc1ccc(O[PH-])c(N)c1.[Cs+]. The summed E-state index contributed by atoms with van der Waals surface area (Å²) in [6.45, 7) is 0. The van der Waals surface area contributed by atoms with Crippen molar-refractivity contribution in [2.45, 2.75) is 0 Å². The summed E-state index contributed by atoms with van der Waals surface area (Å²) in [7, 11) is 2.86. The van der Waals surface area contributed by atoms with Crippen LogP contribution in [-0.4, -0.2) is 0 Å². The fourth-order valence-electron chi connectivity index (χ4n) is 0.660. The van der Waals surface area contributed by atoms with Crippen molar-refractivity contribution in [1.82, 2.24) is 0 Å². The third-order valence-corrected chi connectivity index (χ3v) is 1.36. The smallest absolute Gasteiger partial charge is 0.672 e. The zero-order valence-electron chi connectivity index (χ0n) is 6.29. The molecule has 54 valence electrons. The number of hydrogen-bond acceptors (Lipinski definition) is 3. The zero-order chi connectivity index (χ0) is 7.56. The molecule has 1 aromatic rings. The minimum absolute atomic E-state index is 0. The van der Waals surface area contributed by atoms with Crippen molar-refractivity contribution in [2.24, 2.45) is 0 Å². The summed E-state index contributed by atoms with van der Waals surface area (Å²) >= 11 is 0. The monoisotopic (exact) mass is 288 g/mol. The van der Waals surface area contributed by atoms with E-state index in [-0.39, 0.29) is 68.9 Å². The van der Waals surface area contributed by atoms with Crippen molar-refractivity contribution >= 4 is 20.8 Å². The average molecular weight is 288 g/mol. The molecule has 0 fully saturated rings. The molecule has 0 aliphatic heterocycles. The molecule has 0 bridgehead atoms. The summed E-state index contributed by atoms with van der Waals surface area (Å²) in [5.74, 6) is 0.575. The van der Waals surface area contributed by atoms with Crippen molar-refractivity contribution in [3.05, 3.63) is 18.2 Å². The van der Waals surface area contributed by atoms with Crippen LogP contribution < -0.4 is 84.9 Å². The summed E-state index contributed by atoms with van der Waals surface area (Å²) in [5, 5.41) is 0. The van der Waals surface area contributed by atoms with Gasteiger partial charge in [0.25, 0.3) is 0 Å². The third kappa shape index (κ3) is 3.55. The first-order valence-corrected chi connectivity index (χ1v) is 3.13. The summed E-state index contributed by atoms with van der Waals surface area (Å²) in [4.78, 5) is 0. The molecule has 0 radical (unpaired) electrons. The van der Waals surface area contributed by atoms with E-state index in [2.05, 4.69) is 9.47 Å². The molecule has 3 nitrogen and oxygen atoms in total. The van der Waals surface area contributed by atoms with Crippen LogP contribution in [-0.2, 0) is 0 Å². The van der Waals surface area contributed by atoms with Gasteiger partial charge in [-0.05, 0) is 18.2 Å². The van der Waals surface area contributed by atoms with Crippen LogP contribution in [0.25, 0.3) is 0 Å². The quantitative estimate of drug-likeness (QED) is 0.478. The number of nitrogen functional groups attached to an aromatic ring is 2. The van der Waals surface area contributed by atoms with Gasteiger partial charge in [0.1, 0.15) is 5.75 Å². The van der Waals surface area contributed by atoms with Gasteiger partial charge in [0.05, 0.1) is 5.69 Å². The largest absolute Gasteiger partial charge is 1.00 e. The van der Waals surface area contributed by atoms with Crippen LogP contribution in [0.5, 0.6) is 5.75 Å². The Morgan fingerprint density at radius 2 is 1.91 bits per heavy atom. The molecule has 0 unspecified atom stereocenters. The van der Waals surface area contributed by atoms with E-state index in [4.69, 9.17) is 16.0 Å². The molecule has 0 spiro atoms. The Labute approximate surface area is 127 Å². The number of nitrogens with two attached hydrogens (primary N) is 2. The average Bonchev–Trinajstić information content (AvgIpc) is 1.88. The second-order valence-corrected chi connectivity index (χ2v) is 2.10. The molecule has 0 atom stereocenters. The molecule has 1 rings (SSSR count). The Hall–Kier alpha value is 1.10. The van der Waals surface area contributed by atoms with Crippen LogP contribution >= 0.6 is 9.47 Å². The van der Waals surface area contributed by atoms with E-state index < -0.39 is 0 Å². The third-order valence-electron chi connectivity index (χ3n) is 1.14. The predicted octanol–water partition coefficient (Wildman–Crippen LogP) is -1.71. The van der Waals surface area contributed by atoms with Crippen molar-refractivity contribution in [1.29, 1.82) is 0 Å². The first kappa shape index (κ1) is 12.1. The van der Waals surface area contributed by atoms with Crippen molar-refractivity contribution in [2.75, 3.05) is 11.5 Å². The molecule has 4 N–H and O–H groups in total. The molecule has 1 aromatic carbocycles. The van der Waals surface area contributed by atoms with E-state index in [0.717, 1.165) is 0 Å². The molecular weight excluding hydrogens is 280 g/mol.